The topological polar surface area (TPSA) is 116 Å². The number of aromatic nitrogens is 4. The third kappa shape index (κ3) is 4.15. The van der Waals surface area contributed by atoms with Crippen molar-refractivity contribution in [3.63, 3.8) is 0 Å². The van der Waals surface area contributed by atoms with Crippen LogP contribution in [0.2, 0.25) is 0 Å². The van der Waals surface area contributed by atoms with Gasteiger partial charge in [0.05, 0.1) is 17.1 Å². The van der Waals surface area contributed by atoms with Crippen LogP contribution in [-0.2, 0) is 4.74 Å². The zero-order chi connectivity index (χ0) is 20.4. The number of morpholine rings is 1. The molecule has 1 saturated heterocycles. The molecule has 29 heavy (non-hydrogen) atoms. The maximum Gasteiger partial charge on any atom is 0.373 e. The van der Waals surface area contributed by atoms with Crippen molar-refractivity contribution in [2.45, 2.75) is 26.1 Å². The predicted molar refractivity (Wildman–Crippen MR) is 106 cm³/mol. The predicted octanol–water partition coefficient (Wildman–Crippen LogP) is 3.31. The summed E-state index contributed by atoms with van der Waals surface area (Å²) in [6.07, 6.45) is 1.15. The van der Waals surface area contributed by atoms with Crippen molar-refractivity contribution in [3.8, 4) is 22.9 Å². The van der Waals surface area contributed by atoms with E-state index in [0.29, 0.717) is 18.8 Å². The fourth-order valence-corrected chi connectivity index (χ4v) is 3.73. The second kappa shape index (κ2) is 8.05. The number of nitrogens with zero attached hydrogens (tertiary/aromatic N) is 6. The Morgan fingerprint density at radius 3 is 2.55 bits per heavy atom. The average Bonchev–Trinajstić information content (AvgIpc) is 3.22. The molecule has 1 aromatic carbocycles. The monoisotopic (exact) mass is 414 g/mol. The van der Waals surface area contributed by atoms with Gasteiger partial charge in [0.1, 0.15) is 17.8 Å². The summed E-state index contributed by atoms with van der Waals surface area (Å²) in [6.45, 7) is 4.84. The van der Waals surface area contributed by atoms with Crippen molar-refractivity contribution in [1.29, 1.82) is 0 Å². The van der Waals surface area contributed by atoms with Crippen LogP contribution in [0.3, 0.4) is 0 Å². The van der Waals surface area contributed by atoms with E-state index in [1.54, 1.807) is 12.1 Å². The molecule has 1 aliphatic rings. The lowest BCUT2D eigenvalue weighted by atomic mass is 10.2. The highest BCUT2D eigenvalue weighted by Gasteiger charge is 2.32. The Hall–Kier alpha value is -3.18. The molecule has 0 amide bonds. The van der Waals surface area contributed by atoms with Crippen molar-refractivity contribution in [2.24, 2.45) is 0 Å². The highest BCUT2D eigenvalue weighted by Crippen LogP contribution is 2.37. The Kier molecular flexibility index (Phi) is 5.32. The van der Waals surface area contributed by atoms with Crippen LogP contribution in [-0.4, -0.2) is 49.8 Å². The number of nitro groups is 1. The molecule has 2 unspecified atom stereocenters. The van der Waals surface area contributed by atoms with E-state index >= 15 is 0 Å². The molecule has 11 heteroatoms. The molecule has 0 aliphatic carbocycles. The first-order chi connectivity index (χ1) is 14.0. The Balaban J connectivity index is 1.63. The van der Waals surface area contributed by atoms with E-state index in [1.165, 1.54) is 17.9 Å². The Morgan fingerprint density at radius 1 is 1.21 bits per heavy atom. The van der Waals surface area contributed by atoms with Crippen LogP contribution in [0, 0.1) is 10.1 Å². The fourth-order valence-electron chi connectivity index (χ4n) is 3.27. The summed E-state index contributed by atoms with van der Waals surface area (Å²) in [6, 6.07) is 7.04. The summed E-state index contributed by atoms with van der Waals surface area (Å²) in [4.78, 5) is 21.3. The number of anilines is 1. The van der Waals surface area contributed by atoms with Crippen molar-refractivity contribution >= 4 is 23.0 Å². The quantitative estimate of drug-likeness (QED) is 0.458. The van der Waals surface area contributed by atoms with Crippen LogP contribution in [0.25, 0.3) is 11.3 Å². The smallest absolute Gasteiger partial charge is 0.373 e. The summed E-state index contributed by atoms with van der Waals surface area (Å²) in [5.74, 6) is 0.551. The molecule has 0 N–H and O–H groups in total. The van der Waals surface area contributed by atoms with Gasteiger partial charge in [0, 0.05) is 24.0 Å². The lowest BCUT2D eigenvalue weighted by molar-refractivity contribution is -0.385. The molecule has 2 aromatic heterocycles. The van der Waals surface area contributed by atoms with Crippen molar-refractivity contribution < 1.29 is 14.4 Å². The minimum absolute atomic E-state index is 0.0644. The molecular formula is C18H18N6O4S. The number of hydrogen-bond donors (Lipinski definition) is 0. The normalized spacial score (nSPS) is 19.2. The first-order valence-electron chi connectivity index (χ1n) is 8.96. The van der Waals surface area contributed by atoms with Crippen LogP contribution < -0.4 is 9.64 Å². The Morgan fingerprint density at radius 2 is 1.93 bits per heavy atom. The highest BCUT2D eigenvalue weighted by molar-refractivity contribution is 7.03. The summed E-state index contributed by atoms with van der Waals surface area (Å²) >= 11 is 1.26. The molecule has 4 rings (SSSR count). The summed E-state index contributed by atoms with van der Waals surface area (Å²) in [5.41, 5.74) is 1.37. The minimum atomic E-state index is -0.509. The van der Waals surface area contributed by atoms with Gasteiger partial charge in [-0.1, -0.05) is 4.49 Å². The molecule has 3 aromatic rings. The number of benzene rings is 1. The molecule has 0 radical (unpaired) electrons. The first kappa shape index (κ1) is 19.2. The lowest BCUT2D eigenvalue weighted by Crippen LogP contribution is -2.46. The van der Waals surface area contributed by atoms with Gasteiger partial charge in [-0.3, -0.25) is 10.1 Å². The van der Waals surface area contributed by atoms with E-state index in [1.807, 2.05) is 36.3 Å². The van der Waals surface area contributed by atoms with Gasteiger partial charge in [-0.2, -0.15) is 4.98 Å². The van der Waals surface area contributed by atoms with E-state index < -0.39 is 4.92 Å². The summed E-state index contributed by atoms with van der Waals surface area (Å²) in [7, 11) is 0. The van der Waals surface area contributed by atoms with Gasteiger partial charge in [0.15, 0.2) is 0 Å². The van der Waals surface area contributed by atoms with Crippen molar-refractivity contribution in [2.75, 3.05) is 18.0 Å². The van der Waals surface area contributed by atoms with Crippen LogP contribution in [0.15, 0.2) is 36.0 Å². The molecule has 0 bridgehead atoms. The summed E-state index contributed by atoms with van der Waals surface area (Å²) in [5, 5.41) is 17.7. The van der Waals surface area contributed by atoms with E-state index in [4.69, 9.17) is 9.47 Å². The molecule has 10 nitrogen and oxygen atoms in total. The Bertz CT molecular complexity index is 988. The molecular weight excluding hydrogens is 396 g/mol. The SMILES string of the molecule is CC1CN(c2ncnc(Oc3ccc(-c4csnn4)cc3)c2[N+](=O)[O-])CC(C)O1. The van der Waals surface area contributed by atoms with Crippen LogP contribution in [0.1, 0.15) is 13.8 Å². The molecule has 1 fully saturated rings. The van der Waals surface area contributed by atoms with Crippen LogP contribution in [0.5, 0.6) is 11.6 Å². The highest BCUT2D eigenvalue weighted by atomic mass is 32.1. The van der Waals surface area contributed by atoms with Gasteiger partial charge in [0.25, 0.3) is 0 Å². The second-order valence-corrected chi connectivity index (χ2v) is 7.30. The van der Waals surface area contributed by atoms with E-state index in [9.17, 15) is 10.1 Å². The van der Waals surface area contributed by atoms with E-state index in [0.717, 1.165) is 11.3 Å². The van der Waals surface area contributed by atoms with Crippen molar-refractivity contribution in [3.05, 3.63) is 46.1 Å². The van der Waals surface area contributed by atoms with Gasteiger partial charge in [0.2, 0.25) is 5.82 Å². The number of ether oxygens (including phenoxy) is 2. The second-order valence-electron chi connectivity index (χ2n) is 6.69. The zero-order valence-corrected chi connectivity index (χ0v) is 16.6. The third-order valence-corrected chi connectivity index (χ3v) is 4.90. The maximum atomic E-state index is 11.8. The van der Waals surface area contributed by atoms with Gasteiger partial charge in [-0.25, -0.2) is 4.98 Å². The molecule has 150 valence electrons. The zero-order valence-electron chi connectivity index (χ0n) is 15.8. The van der Waals surface area contributed by atoms with Gasteiger partial charge < -0.3 is 14.4 Å². The minimum Gasteiger partial charge on any atom is -0.434 e. The first-order valence-corrected chi connectivity index (χ1v) is 9.80. The van der Waals surface area contributed by atoms with Gasteiger partial charge in [-0.05, 0) is 49.6 Å². The molecule has 0 saturated carbocycles. The van der Waals surface area contributed by atoms with E-state index in [2.05, 4.69) is 19.6 Å². The number of hydrogen-bond acceptors (Lipinski definition) is 10. The molecule has 1 aliphatic heterocycles. The average molecular weight is 414 g/mol. The van der Waals surface area contributed by atoms with Gasteiger partial charge in [-0.15, -0.1) is 5.10 Å². The Labute approximate surface area is 170 Å². The lowest BCUT2D eigenvalue weighted by Gasteiger charge is -2.35. The van der Waals surface area contributed by atoms with Crippen LogP contribution in [0.4, 0.5) is 11.5 Å². The molecule has 3 heterocycles. The molecule has 2 atom stereocenters. The molecule has 0 spiro atoms. The van der Waals surface area contributed by atoms with Crippen molar-refractivity contribution in [1.82, 2.24) is 19.6 Å². The summed E-state index contributed by atoms with van der Waals surface area (Å²) < 4.78 is 15.3. The third-order valence-electron chi connectivity index (χ3n) is 4.40. The largest absolute Gasteiger partial charge is 0.434 e. The maximum absolute atomic E-state index is 11.8. The fraction of sp³-hybridized carbons (Fsp3) is 0.333. The van der Waals surface area contributed by atoms with Crippen LogP contribution >= 0.6 is 11.5 Å². The van der Waals surface area contributed by atoms with Gasteiger partial charge >= 0.3 is 11.6 Å². The van der Waals surface area contributed by atoms with E-state index in [-0.39, 0.29) is 29.6 Å². The standard InChI is InChI=1S/C18H18N6O4S/c1-11-7-23(8-12(2)27-11)17-16(24(25)26)18(20-10-19-17)28-14-5-3-13(4-6-14)15-9-29-22-21-15/h3-6,9-12H,7-8H2,1-2H3. The number of rotatable bonds is 5.